The fourth-order valence-electron chi connectivity index (χ4n) is 0. The Kier molecular flexibility index (Phi) is 10.4. The molecule has 5 heavy (non-hydrogen) atoms. The SMILES string of the molecule is O=[PH](O)O.[Ca+2].[H+].[H+]. The van der Waals surface area contributed by atoms with Gasteiger partial charge in [-0.3, -0.25) is 4.57 Å². The fraction of sp³-hybridized carbons (Fsp3) is 0. The Morgan fingerprint density at radius 2 is 1.60 bits per heavy atom. The Bertz CT molecular complexity index is 35.9. The standard InChI is InChI=1S/Ca.H3O3P/c;1-4(2)3/h;4H,(H2,1,2,3)/q+2;/p+2. The number of rotatable bonds is 0. The zero-order chi connectivity index (χ0) is 3.58. The molecule has 0 aliphatic carbocycles. The van der Waals surface area contributed by atoms with E-state index in [2.05, 4.69) is 0 Å². The molecule has 0 spiro atoms. The van der Waals surface area contributed by atoms with Gasteiger partial charge < -0.3 is 9.79 Å². The van der Waals surface area contributed by atoms with Crippen LogP contribution in [-0.2, 0) is 4.57 Å². The van der Waals surface area contributed by atoms with Crippen LogP contribution in [0.2, 0.25) is 0 Å². The second-order valence-corrected chi connectivity index (χ2v) is 0.848. The van der Waals surface area contributed by atoms with E-state index in [-0.39, 0.29) is 40.6 Å². The van der Waals surface area contributed by atoms with E-state index in [0.717, 1.165) is 0 Å². The van der Waals surface area contributed by atoms with Crippen LogP contribution in [-0.4, -0.2) is 47.5 Å². The predicted molar refractivity (Wildman–Crippen MR) is 21.4 cm³/mol. The molecule has 0 heterocycles. The van der Waals surface area contributed by atoms with Crippen molar-refractivity contribution in [3.63, 3.8) is 0 Å². The molecule has 3 nitrogen and oxygen atoms in total. The molecule has 0 aromatic carbocycles. The number of hydrogen-bond donors (Lipinski definition) is 2. The first-order valence-corrected chi connectivity index (χ1v) is 1.95. The van der Waals surface area contributed by atoms with E-state index in [1.54, 1.807) is 0 Å². The summed E-state index contributed by atoms with van der Waals surface area (Å²) >= 11 is 0. The molecule has 0 bridgehead atoms. The molecule has 0 saturated heterocycles. The monoisotopic (exact) mass is 124 g/mol. The molecule has 0 aliphatic rings. The van der Waals surface area contributed by atoms with Crippen molar-refractivity contribution in [2.45, 2.75) is 0 Å². The summed E-state index contributed by atoms with van der Waals surface area (Å²) in [7, 11) is -3.13. The van der Waals surface area contributed by atoms with Crippen molar-refractivity contribution in [3.8, 4) is 0 Å². The minimum atomic E-state index is -3.13. The van der Waals surface area contributed by atoms with Gasteiger partial charge in [0.1, 0.15) is 0 Å². The minimum Gasteiger partial charge on any atom is -0.326 e. The molecule has 26 valence electrons. The van der Waals surface area contributed by atoms with Crippen LogP contribution in [0.1, 0.15) is 2.85 Å². The Hall–Kier alpha value is 1.41. The summed E-state index contributed by atoms with van der Waals surface area (Å²) in [6.45, 7) is 0. The van der Waals surface area contributed by atoms with E-state index in [1.807, 2.05) is 0 Å². The van der Waals surface area contributed by atoms with Gasteiger partial charge >= 0.3 is 48.8 Å². The minimum absolute atomic E-state index is 0. The molecular weight excluding hydrogens is 119 g/mol. The molecule has 0 atom stereocenters. The maximum atomic E-state index is 8.74. The average Bonchev–Trinajstić information content (AvgIpc) is 0.811. The van der Waals surface area contributed by atoms with Crippen LogP contribution in [0, 0.1) is 0 Å². The maximum Gasteiger partial charge on any atom is 2.00 e. The van der Waals surface area contributed by atoms with Crippen LogP contribution < -0.4 is 0 Å². The molecule has 5 heteroatoms. The smallest absolute Gasteiger partial charge is 0.326 e. The average molecular weight is 124 g/mol. The third-order valence-electron chi connectivity index (χ3n) is 0. The van der Waals surface area contributed by atoms with E-state index in [9.17, 15) is 0 Å². The van der Waals surface area contributed by atoms with E-state index in [4.69, 9.17) is 14.4 Å². The van der Waals surface area contributed by atoms with Gasteiger partial charge in [-0.1, -0.05) is 0 Å². The Labute approximate surface area is 62.9 Å². The first-order chi connectivity index (χ1) is 1.73. The Balaban J connectivity index is -0.0000000150. The molecule has 0 radical (unpaired) electrons. The van der Waals surface area contributed by atoms with Gasteiger partial charge in [-0.15, -0.1) is 0 Å². The van der Waals surface area contributed by atoms with Gasteiger partial charge in [-0.2, -0.15) is 0 Å². The summed E-state index contributed by atoms with van der Waals surface area (Å²) in [5.41, 5.74) is 0. The van der Waals surface area contributed by atoms with Gasteiger partial charge in [0, 0.05) is 0 Å². The molecule has 0 amide bonds. The molecule has 2 N–H and O–H groups in total. The first kappa shape index (κ1) is 9.65. The second kappa shape index (κ2) is 5.41. The second-order valence-electron chi connectivity index (χ2n) is 0.283. The summed E-state index contributed by atoms with van der Waals surface area (Å²) in [6, 6.07) is 0. The van der Waals surface area contributed by atoms with Gasteiger partial charge in [0.25, 0.3) is 0 Å². The maximum absolute atomic E-state index is 8.74. The molecule has 0 rings (SSSR count). The molecule has 0 saturated carbocycles. The van der Waals surface area contributed by atoms with Gasteiger partial charge in [0.2, 0.25) is 0 Å². The summed E-state index contributed by atoms with van der Waals surface area (Å²) in [5.74, 6) is 0. The third-order valence-corrected chi connectivity index (χ3v) is 0. The predicted octanol–water partition coefficient (Wildman–Crippen LogP) is -0.795. The summed E-state index contributed by atoms with van der Waals surface area (Å²) in [6.07, 6.45) is 0. The van der Waals surface area contributed by atoms with E-state index >= 15 is 0 Å². The molecule has 0 unspecified atom stereocenters. The van der Waals surface area contributed by atoms with Crippen molar-refractivity contribution in [3.05, 3.63) is 0 Å². The van der Waals surface area contributed by atoms with Gasteiger partial charge in [0.15, 0.2) is 0 Å². The zero-order valence-electron chi connectivity index (χ0n) is 4.51. The van der Waals surface area contributed by atoms with Crippen LogP contribution in [0.5, 0.6) is 0 Å². The largest absolute Gasteiger partial charge is 2.00 e. The number of hydrogen-bond acceptors (Lipinski definition) is 1. The van der Waals surface area contributed by atoms with Crippen LogP contribution in [0.3, 0.4) is 0 Å². The summed E-state index contributed by atoms with van der Waals surface area (Å²) in [4.78, 5) is 14.3. The molecule has 0 fully saturated rings. The summed E-state index contributed by atoms with van der Waals surface area (Å²) in [5, 5.41) is 0. The van der Waals surface area contributed by atoms with Gasteiger partial charge in [-0.25, -0.2) is 0 Å². The van der Waals surface area contributed by atoms with Crippen molar-refractivity contribution in [2.24, 2.45) is 0 Å². The van der Waals surface area contributed by atoms with Crippen LogP contribution in [0.15, 0.2) is 0 Å². The van der Waals surface area contributed by atoms with Gasteiger partial charge in [-0.05, 0) is 0 Å². The Morgan fingerprint density at radius 1 is 1.60 bits per heavy atom. The van der Waals surface area contributed by atoms with Crippen LogP contribution in [0.4, 0.5) is 0 Å². The van der Waals surface area contributed by atoms with Crippen molar-refractivity contribution in [1.82, 2.24) is 0 Å². The molecule has 0 aromatic rings. The molecular formula is H5CaO3P+4. The van der Waals surface area contributed by atoms with Crippen molar-refractivity contribution in [1.29, 1.82) is 0 Å². The van der Waals surface area contributed by atoms with Gasteiger partial charge in [0.05, 0.1) is 0 Å². The van der Waals surface area contributed by atoms with Crippen LogP contribution in [0.25, 0.3) is 0 Å². The van der Waals surface area contributed by atoms with Crippen molar-refractivity contribution < 1.29 is 17.2 Å². The summed E-state index contributed by atoms with van der Waals surface area (Å²) < 4.78 is 8.74. The topological polar surface area (TPSA) is 57.5 Å². The van der Waals surface area contributed by atoms with E-state index in [1.165, 1.54) is 0 Å². The molecule has 0 aliphatic heterocycles. The van der Waals surface area contributed by atoms with Crippen LogP contribution >= 0.6 is 8.25 Å². The first-order valence-electron chi connectivity index (χ1n) is 0.651. The van der Waals surface area contributed by atoms with Crippen molar-refractivity contribution >= 4 is 46.0 Å². The third kappa shape index (κ3) is 31.6. The quantitative estimate of drug-likeness (QED) is 0.328. The normalized spacial score (nSPS) is 7.00. The fourth-order valence-corrected chi connectivity index (χ4v) is 0. The molecule has 0 aromatic heterocycles. The van der Waals surface area contributed by atoms with E-state index < -0.39 is 8.25 Å². The van der Waals surface area contributed by atoms with E-state index in [0.29, 0.717) is 0 Å². The Morgan fingerprint density at radius 3 is 1.60 bits per heavy atom. The zero-order valence-corrected chi connectivity index (χ0v) is 5.72. The van der Waals surface area contributed by atoms with Crippen molar-refractivity contribution in [2.75, 3.05) is 0 Å².